The molecular formula is C20H19ClIN3O4S. The topological polar surface area (TPSA) is 90.3 Å². The highest BCUT2D eigenvalue weighted by molar-refractivity contribution is 14.1. The molecule has 3 aromatic rings. The van der Waals surface area contributed by atoms with Crippen LogP contribution in [0.4, 0.5) is 5.69 Å². The first kappa shape index (κ1) is 22.6. The van der Waals surface area contributed by atoms with Gasteiger partial charge in [0.1, 0.15) is 5.75 Å². The van der Waals surface area contributed by atoms with Crippen LogP contribution in [0.2, 0.25) is 5.02 Å². The molecule has 7 nitrogen and oxygen atoms in total. The highest BCUT2D eigenvalue weighted by Gasteiger charge is 2.20. The number of ether oxygens (including phenoxy) is 1. The highest BCUT2D eigenvalue weighted by atomic mass is 127. The number of benzene rings is 2. The van der Waals surface area contributed by atoms with E-state index in [1.165, 1.54) is 43.5 Å². The molecule has 0 fully saturated rings. The summed E-state index contributed by atoms with van der Waals surface area (Å²) in [6, 6.07) is 10.3. The van der Waals surface area contributed by atoms with Crippen LogP contribution < -0.4 is 10.1 Å². The van der Waals surface area contributed by atoms with Gasteiger partial charge in [-0.3, -0.25) is 9.48 Å². The molecule has 0 spiro atoms. The Kier molecular flexibility index (Phi) is 7.04. The minimum atomic E-state index is -3.81. The minimum absolute atomic E-state index is 0.0111. The summed E-state index contributed by atoms with van der Waals surface area (Å²) >= 11 is 8.04. The number of anilines is 1. The van der Waals surface area contributed by atoms with Crippen LogP contribution in [0.1, 0.15) is 12.1 Å². The highest BCUT2D eigenvalue weighted by Crippen LogP contribution is 2.29. The third-order valence-electron chi connectivity index (χ3n) is 4.43. The molecule has 158 valence electrons. The molecule has 1 amide bonds. The zero-order valence-corrected chi connectivity index (χ0v) is 20.0. The minimum Gasteiger partial charge on any atom is -0.497 e. The summed E-state index contributed by atoms with van der Waals surface area (Å²) in [6.45, 7) is 2.35. The number of amides is 1. The first-order valence-corrected chi connectivity index (χ1v) is 11.8. The first-order chi connectivity index (χ1) is 14.2. The third-order valence-corrected chi connectivity index (χ3v) is 7.49. The van der Waals surface area contributed by atoms with Crippen LogP contribution in [0.15, 0.2) is 58.5 Å². The van der Waals surface area contributed by atoms with Crippen molar-refractivity contribution in [2.45, 2.75) is 29.7 Å². The summed E-state index contributed by atoms with van der Waals surface area (Å²) in [4.78, 5) is 12.5. The molecule has 30 heavy (non-hydrogen) atoms. The molecule has 1 N–H and O–H groups in total. The van der Waals surface area contributed by atoms with E-state index in [-0.39, 0.29) is 22.1 Å². The molecule has 0 unspecified atom stereocenters. The van der Waals surface area contributed by atoms with Crippen molar-refractivity contribution in [2.24, 2.45) is 0 Å². The number of hydrogen-bond acceptors (Lipinski definition) is 5. The van der Waals surface area contributed by atoms with Gasteiger partial charge in [-0.15, -0.1) is 0 Å². The van der Waals surface area contributed by atoms with Gasteiger partial charge in [-0.25, -0.2) is 8.42 Å². The number of aryl methyl sites for hydroxylation is 1. The number of carbonyl (C=O) groups is 1. The standard InChI is InChI=1S/C20H19ClIN3O4S/c1-13-19(22)12-23-25(13)8-7-20(26)24-15-9-16(29-2)11-18(10-15)30(27,28)17-5-3-14(21)4-6-17/h3-6,9-12H,7-8H2,1-2H3,(H,24,26). The number of nitrogens with zero attached hydrogens (tertiary/aromatic N) is 2. The lowest BCUT2D eigenvalue weighted by atomic mass is 10.3. The Balaban J connectivity index is 1.81. The second kappa shape index (κ2) is 9.36. The molecule has 0 aliphatic heterocycles. The van der Waals surface area contributed by atoms with Crippen LogP contribution in [0.25, 0.3) is 0 Å². The van der Waals surface area contributed by atoms with Gasteiger partial charge >= 0.3 is 0 Å². The Bertz CT molecular complexity index is 1180. The second-order valence-electron chi connectivity index (χ2n) is 6.45. The number of methoxy groups -OCH3 is 1. The van der Waals surface area contributed by atoms with Crippen molar-refractivity contribution in [3.63, 3.8) is 0 Å². The average Bonchev–Trinajstić information content (AvgIpc) is 3.04. The largest absolute Gasteiger partial charge is 0.497 e. The van der Waals surface area contributed by atoms with Crippen LogP contribution in [0, 0.1) is 10.5 Å². The van der Waals surface area contributed by atoms with E-state index in [0.717, 1.165) is 9.26 Å². The van der Waals surface area contributed by atoms with Gasteiger partial charge in [0.2, 0.25) is 15.7 Å². The van der Waals surface area contributed by atoms with Gasteiger partial charge in [-0.1, -0.05) is 11.6 Å². The summed E-state index contributed by atoms with van der Waals surface area (Å²) in [6.07, 6.45) is 1.93. The van der Waals surface area contributed by atoms with Crippen LogP contribution >= 0.6 is 34.2 Å². The van der Waals surface area contributed by atoms with Gasteiger partial charge < -0.3 is 10.1 Å². The summed E-state index contributed by atoms with van der Waals surface area (Å²) in [7, 11) is -2.38. The quantitative estimate of drug-likeness (QED) is 0.436. The van der Waals surface area contributed by atoms with Crippen LogP contribution in [-0.4, -0.2) is 31.2 Å². The first-order valence-electron chi connectivity index (χ1n) is 8.88. The van der Waals surface area contributed by atoms with Gasteiger partial charge in [0.25, 0.3) is 0 Å². The van der Waals surface area contributed by atoms with Crippen molar-refractivity contribution in [2.75, 3.05) is 12.4 Å². The lowest BCUT2D eigenvalue weighted by Crippen LogP contribution is -2.16. The van der Waals surface area contributed by atoms with E-state index in [9.17, 15) is 13.2 Å². The predicted molar refractivity (Wildman–Crippen MR) is 123 cm³/mol. The molecule has 0 bridgehead atoms. The smallest absolute Gasteiger partial charge is 0.226 e. The zero-order valence-electron chi connectivity index (χ0n) is 16.2. The van der Waals surface area contributed by atoms with Gasteiger partial charge in [0, 0.05) is 28.9 Å². The van der Waals surface area contributed by atoms with Gasteiger partial charge in [0.15, 0.2) is 0 Å². The lowest BCUT2D eigenvalue weighted by Gasteiger charge is -2.12. The van der Waals surface area contributed by atoms with E-state index < -0.39 is 9.84 Å². The summed E-state index contributed by atoms with van der Waals surface area (Å²) in [5.74, 6) is 0.0563. The van der Waals surface area contributed by atoms with Crippen molar-refractivity contribution in [1.29, 1.82) is 0 Å². The van der Waals surface area contributed by atoms with E-state index in [0.29, 0.717) is 23.0 Å². The maximum absolute atomic E-state index is 13.0. The molecule has 3 rings (SSSR count). The SMILES string of the molecule is COc1cc(NC(=O)CCn2ncc(I)c2C)cc(S(=O)(=O)c2ccc(Cl)cc2)c1. The summed E-state index contributed by atoms with van der Waals surface area (Å²) in [5, 5.41) is 7.41. The fourth-order valence-electron chi connectivity index (χ4n) is 2.75. The summed E-state index contributed by atoms with van der Waals surface area (Å²) < 4.78 is 34.0. The van der Waals surface area contributed by atoms with Crippen molar-refractivity contribution in [3.05, 3.63) is 62.9 Å². The number of rotatable bonds is 7. The number of hydrogen-bond donors (Lipinski definition) is 1. The fourth-order valence-corrected chi connectivity index (χ4v) is 4.60. The van der Waals surface area contributed by atoms with E-state index in [1.807, 2.05) is 6.92 Å². The number of aromatic nitrogens is 2. The fraction of sp³-hybridized carbons (Fsp3) is 0.200. The number of halogens is 2. The molecule has 0 saturated carbocycles. The second-order valence-corrected chi connectivity index (χ2v) is 10.0. The van der Waals surface area contributed by atoms with Gasteiger partial charge in [-0.2, -0.15) is 5.10 Å². The molecule has 1 heterocycles. The Morgan fingerprint density at radius 3 is 2.50 bits per heavy atom. The van der Waals surface area contributed by atoms with Crippen LogP contribution in [0.3, 0.4) is 0 Å². The maximum atomic E-state index is 13.0. The zero-order chi connectivity index (χ0) is 21.9. The predicted octanol–water partition coefficient (Wildman–Crippen LogP) is 4.32. The maximum Gasteiger partial charge on any atom is 0.226 e. The van der Waals surface area contributed by atoms with Crippen molar-refractivity contribution >= 4 is 55.6 Å². The van der Waals surface area contributed by atoms with Crippen molar-refractivity contribution < 1.29 is 17.9 Å². The molecule has 2 aromatic carbocycles. The van der Waals surface area contributed by atoms with E-state index in [1.54, 1.807) is 16.9 Å². The Morgan fingerprint density at radius 2 is 1.90 bits per heavy atom. The Hall–Kier alpha value is -2.11. The molecule has 0 aliphatic carbocycles. The van der Waals surface area contributed by atoms with Crippen LogP contribution in [-0.2, 0) is 21.2 Å². The number of carbonyl (C=O) groups excluding carboxylic acids is 1. The molecule has 0 aliphatic rings. The lowest BCUT2D eigenvalue weighted by molar-refractivity contribution is -0.116. The number of nitrogens with one attached hydrogen (secondary N) is 1. The van der Waals surface area contributed by atoms with Crippen molar-refractivity contribution in [1.82, 2.24) is 9.78 Å². The summed E-state index contributed by atoms with van der Waals surface area (Å²) in [5.41, 5.74) is 1.32. The molecule has 0 saturated heterocycles. The molecular weight excluding hydrogens is 541 g/mol. The van der Waals surface area contributed by atoms with Crippen LogP contribution in [0.5, 0.6) is 5.75 Å². The Morgan fingerprint density at radius 1 is 1.20 bits per heavy atom. The molecule has 0 atom stereocenters. The van der Waals surface area contributed by atoms with Gasteiger partial charge in [0.05, 0.1) is 33.2 Å². The van der Waals surface area contributed by atoms with Crippen molar-refractivity contribution in [3.8, 4) is 5.75 Å². The number of sulfone groups is 1. The average molecular weight is 560 g/mol. The third kappa shape index (κ3) is 5.13. The Labute approximate surface area is 193 Å². The monoisotopic (exact) mass is 559 g/mol. The normalized spacial score (nSPS) is 11.3. The molecule has 0 radical (unpaired) electrons. The van der Waals surface area contributed by atoms with E-state index >= 15 is 0 Å². The van der Waals surface area contributed by atoms with E-state index in [4.69, 9.17) is 16.3 Å². The molecule has 1 aromatic heterocycles. The van der Waals surface area contributed by atoms with Gasteiger partial charge in [-0.05, 0) is 65.9 Å². The molecule has 10 heteroatoms. The van der Waals surface area contributed by atoms with E-state index in [2.05, 4.69) is 33.0 Å².